The standard InChI is InChI=1S/C9H18N2O3/c1-5(2)4-7(10)8(12)11-6(3)9(13)14/h5-7H,4,10H2,1-3H3,(H,11,12)(H,13,14)/t6-,7?/m0/s1. The highest BCUT2D eigenvalue weighted by Crippen LogP contribution is 2.02. The second-order valence-corrected chi connectivity index (χ2v) is 3.80. The van der Waals surface area contributed by atoms with E-state index in [9.17, 15) is 9.59 Å². The number of aliphatic carboxylic acids is 1. The van der Waals surface area contributed by atoms with E-state index in [1.807, 2.05) is 13.8 Å². The number of nitrogens with two attached hydrogens (primary N) is 1. The normalized spacial score (nSPS) is 14.9. The highest BCUT2D eigenvalue weighted by Gasteiger charge is 2.19. The monoisotopic (exact) mass is 202 g/mol. The number of carbonyl (C=O) groups excluding carboxylic acids is 1. The SMILES string of the molecule is CC(C)CC(N)C(=O)N[C@@H](C)C(=O)O. The van der Waals surface area contributed by atoms with E-state index < -0.39 is 24.0 Å². The molecule has 1 amide bonds. The maximum atomic E-state index is 11.3. The molecule has 1 unspecified atom stereocenters. The number of carbonyl (C=O) groups is 2. The van der Waals surface area contributed by atoms with Gasteiger partial charge in [-0.25, -0.2) is 0 Å². The number of rotatable bonds is 5. The van der Waals surface area contributed by atoms with E-state index in [1.165, 1.54) is 6.92 Å². The number of hydrogen-bond donors (Lipinski definition) is 3. The van der Waals surface area contributed by atoms with Gasteiger partial charge in [-0.15, -0.1) is 0 Å². The quantitative estimate of drug-likeness (QED) is 0.582. The van der Waals surface area contributed by atoms with Gasteiger partial charge in [-0.2, -0.15) is 0 Å². The Kier molecular flexibility index (Phi) is 5.15. The molecule has 0 radical (unpaired) electrons. The number of hydrogen-bond acceptors (Lipinski definition) is 3. The number of nitrogens with one attached hydrogen (secondary N) is 1. The van der Waals surface area contributed by atoms with Gasteiger partial charge in [0.1, 0.15) is 6.04 Å². The van der Waals surface area contributed by atoms with Crippen molar-refractivity contribution >= 4 is 11.9 Å². The van der Waals surface area contributed by atoms with Gasteiger partial charge in [0.15, 0.2) is 0 Å². The largest absolute Gasteiger partial charge is 0.480 e. The summed E-state index contributed by atoms with van der Waals surface area (Å²) >= 11 is 0. The average Bonchev–Trinajstić information content (AvgIpc) is 2.02. The molecule has 0 heterocycles. The zero-order valence-electron chi connectivity index (χ0n) is 8.78. The lowest BCUT2D eigenvalue weighted by molar-refractivity contribution is -0.141. The van der Waals surface area contributed by atoms with Crippen LogP contribution in [0.4, 0.5) is 0 Å². The summed E-state index contributed by atoms with van der Waals surface area (Å²) in [7, 11) is 0. The zero-order valence-corrected chi connectivity index (χ0v) is 8.78. The van der Waals surface area contributed by atoms with Crippen LogP contribution >= 0.6 is 0 Å². The van der Waals surface area contributed by atoms with Gasteiger partial charge in [0.05, 0.1) is 6.04 Å². The molecule has 0 saturated carbocycles. The van der Waals surface area contributed by atoms with Crippen molar-refractivity contribution in [1.29, 1.82) is 0 Å². The molecule has 5 nitrogen and oxygen atoms in total. The van der Waals surface area contributed by atoms with Crippen LogP contribution in [-0.2, 0) is 9.59 Å². The molecule has 2 atom stereocenters. The van der Waals surface area contributed by atoms with E-state index >= 15 is 0 Å². The zero-order chi connectivity index (χ0) is 11.3. The Balaban J connectivity index is 4.01. The van der Waals surface area contributed by atoms with Crippen molar-refractivity contribution in [1.82, 2.24) is 5.32 Å². The predicted octanol–water partition coefficient (Wildman–Crippen LogP) is -0.0509. The van der Waals surface area contributed by atoms with E-state index in [2.05, 4.69) is 5.32 Å². The third kappa shape index (κ3) is 4.81. The lowest BCUT2D eigenvalue weighted by atomic mass is 10.0. The minimum Gasteiger partial charge on any atom is -0.480 e. The molecule has 0 saturated heterocycles. The van der Waals surface area contributed by atoms with Crippen LogP contribution in [0.3, 0.4) is 0 Å². The minimum absolute atomic E-state index is 0.316. The van der Waals surface area contributed by atoms with Gasteiger partial charge in [0.2, 0.25) is 5.91 Å². The van der Waals surface area contributed by atoms with Crippen molar-refractivity contribution in [3.63, 3.8) is 0 Å². The molecule has 0 aromatic carbocycles. The van der Waals surface area contributed by atoms with Crippen LogP contribution in [0.25, 0.3) is 0 Å². The molecule has 0 spiro atoms. The van der Waals surface area contributed by atoms with Crippen molar-refractivity contribution < 1.29 is 14.7 Å². The molecule has 0 aliphatic rings. The van der Waals surface area contributed by atoms with Crippen LogP contribution in [-0.4, -0.2) is 29.1 Å². The summed E-state index contributed by atoms with van der Waals surface area (Å²) in [6, 6.07) is -1.52. The van der Waals surface area contributed by atoms with E-state index in [0.29, 0.717) is 12.3 Å². The topological polar surface area (TPSA) is 92.4 Å². The second-order valence-electron chi connectivity index (χ2n) is 3.80. The van der Waals surface area contributed by atoms with Gasteiger partial charge in [-0.05, 0) is 19.3 Å². The summed E-state index contributed by atoms with van der Waals surface area (Å²) < 4.78 is 0. The summed E-state index contributed by atoms with van der Waals surface area (Å²) in [5, 5.41) is 10.9. The lowest BCUT2D eigenvalue weighted by Crippen LogP contribution is -2.47. The fraction of sp³-hybridized carbons (Fsp3) is 0.778. The molecule has 0 rings (SSSR count). The van der Waals surface area contributed by atoms with Gasteiger partial charge in [0.25, 0.3) is 0 Å². The molecule has 0 aliphatic heterocycles. The van der Waals surface area contributed by atoms with Crippen molar-refractivity contribution in [2.75, 3.05) is 0 Å². The van der Waals surface area contributed by atoms with Crippen LogP contribution < -0.4 is 11.1 Å². The smallest absolute Gasteiger partial charge is 0.325 e. The van der Waals surface area contributed by atoms with Crippen molar-refractivity contribution in [2.45, 2.75) is 39.3 Å². The lowest BCUT2D eigenvalue weighted by Gasteiger charge is -2.16. The third-order valence-corrected chi connectivity index (χ3v) is 1.79. The molecule has 5 heteroatoms. The number of amides is 1. The number of carboxylic acids is 1. The van der Waals surface area contributed by atoms with E-state index in [4.69, 9.17) is 10.8 Å². The van der Waals surface area contributed by atoms with Crippen molar-refractivity contribution in [3.8, 4) is 0 Å². The molecule has 0 aromatic heterocycles. The van der Waals surface area contributed by atoms with Crippen LogP contribution in [0.1, 0.15) is 27.2 Å². The first-order valence-corrected chi connectivity index (χ1v) is 4.63. The average molecular weight is 202 g/mol. The minimum atomic E-state index is -1.06. The Morgan fingerprint density at radius 2 is 1.86 bits per heavy atom. The third-order valence-electron chi connectivity index (χ3n) is 1.79. The Labute approximate surface area is 83.7 Å². The van der Waals surface area contributed by atoms with Crippen LogP contribution in [0.2, 0.25) is 0 Å². The first-order chi connectivity index (χ1) is 6.34. The highest BCUT2D eigenvalue weighted by atomic mass is 16.4. The molecule has 4 N–H and O–H groups in total. The molecule has 82 valence electrons. The van der Waals surface area contributed by atoms with Gasteiger partial charge < -0.3 is 16.2 Å². The summed E-state index contributed by atoms with van der Waals surface area (Å²) in [6.07, 6.45) is 0.554. The Bertz CT molecular complexity index is 216. The van der Waals surface area contributed by atoms with Crippen molar-refractivity contribution in [3.05, 3.63) is 0 Å². The summed E-state index contributed by atoms with van der Waals surface area (Å²) in [5.41, 5.74) is 5.56. The summed E-state index contributed by atoms with van der Waals surface area (Å²) in [4.78, 5) is 21.7. The summed E-state index contributed by atoms with van der Waals surface area (Å²) in [6.45, 7) is 5.31. The fourth-order valence-corrected chi connectivity index (χ4v) is 0.997. The maximum Gasteiger partial charge on any atom is 0.325 e. The van der Waals surface area contributed by atoms with Crippen LogP contribution in [0, 0.1) is 5.92 Å². The molecule has 0 aromatic rings. The van der Waals surface area contributed by atoms with E-state index in [1.54, 1.807) is 0 Å². The van der Waals surface area contributed by atoms with Gasteiger partial charge in [0, 0.05) is 0 Å². The number of carboxylic acid groups (broad SMARTS) is 1. The molecule has 14 heavy (non-hydrogen) atoms. The first-order valence-electron chi connectivity index (χ1n) is 4.63. The molecule has 0 aliphatic carbocycles. The molecular formula is C9H18N2O3. The Hall–Kier alpha value is -1.10. The van der Waals surface area contributed by atoms with Crippen LogP contribution in [0.5, 0.6) is 0 Å². The predicted molar refractivity (Wildman–Crippen MR) is 52.7 cm³/mol. The highest BCUT2D eigenvalue weighted by molar-refractivity contribution is 5.86. The van der Waals surface area contributed by atoms with Crippen LogP contribution in [0.15, 0.2) is 0 Å². The fourth-order valence-electron chi connectivity index (χ4n) is 0.997. The second kappa shape index (κ2) is 5.59. The molecule has 0 fully saturated rings. The van der Waals surface area contributed by atoms with Crippen molar-refractivity contribution in [2.24, 2.45) is 11.7 Å². The summed E-state index contributed by atoms with van der Waals surface area (Å²) in [5.74, 6) is -1.15. The maximum absolute atomic E-state index is 11.3. The molecule has 0 bridgehead atoms. The van der Waals surface area contributed by atoms with E-state index in [0.717, 1.165) is 0 Å². The van der Waals surface area contributed by atoms with E-state index in [-0.39, 0.29) is 0 Å². The van der Waals surface area contributed by atoms with Gasteiger partial charge in [-0.3, -0.25) is 9.59 Å². The van der Waals surface area contributed by atoms with Gasteiger partial charge >= 0.3 is 5.97 Å². The molecular weight excluding hydrogens is 184 g/mol. The first kappa shape index (κ1) is 12.9. The Morgan fingerprint density at radius 1 is 1.36 bits per heavy atom. The Morgan fingerprint density at radius 3 is 2.21 bits per heavy atom. The van der Waals surface area contributed by atoms with Gasteiger partial charge in [-0.1, -0.05) is 13.8 Å².